The third kappa shape index (κ3) is 2.55. The first-order valence-electron chi connectivity index (χ1n) is 5.09. The summed E-state index contributed by atoms with van der Waals surface area (Å²) in [5.41, 5.74) is 5.70. The van der Waals surface area contributed by atoms with E-state index in [2.05, 4.69) is 14.9 Å². The number of aromatic nitrogens is 2. The summed E-state index contributed by atoms with van der Waals surface area (Å²) in [6.07, 6.45) is 0. The summed E-state index contributed by atoms with van der Waals surface area (Å²) in [6.45, 7) is -0.000767. The van der Waals surface area contributed by atoms with Crippen molar-refractivity contribution in [3.63, 3.8) is 0 Å². The standard InChI is InChI=1S/C10H9ClFN5O2/c11-6-3-5(1-2-7(6)12)17(18)10(14)9-8(4-13)15-19-16-9/h1-3,14,18H,4,13H2. The lowest BCUT2D eigenvalue weighted by atomic mass is 10.2. The van der Waals surface area contributed by atoms with Gasteiger partial charge in [-0.15, -0.1) is 0 Å². The Morgan fingerprint density at radius 3 is 2.89 bits per heavy atom. The molecule has 0 fully saturated rings. The van der Waals surface area contributed by atoms with Gasteiger partial charge in [-0.25, -0.2) is 14.1 Å². The zero-order chi connectivity index (χ0) is 14.0. The second-order valence-electron chi connectivity index (χ2n) is 3.52. The number of hydroxylamine groups is 1. The number of nitrogens with two attached hydrogens (primary N) is 1. The Kier molecular flexibility index (Phi) is 3.74. The number of rotatable bonds is 3. The van der Waals surface area contributed by atoms with Gasteiger partial charge in [0.1, 0.15) is 11.5 Å². The molecule has 7 nitrogen and oxygen atoms in total. The molecule has 1 heterocycles. The third-order valence-electron chi connectivity index (χ3n) is 2.33. The Morgan fingerprint density at radius 2 is 2.26 bits per heavy atom. The van der Waals surface area contributed by atoms with Gasteiger partial charge < -0.3 is 5.73 Å². The second kappa shape index (κ2) is 5.31. The Morgan fingerprint density at radius 1 is 1.53 bits per heavy atom. The number of nitrogens with zero attached hydrogens (tertiary/aromatic N) is 3. The highest BCUT2D eigenvalue weighted by Crippen LogP contribution is 2.23. The van der Waals surface area contributed by atoms with E-state index in [0.717, 1.165) is 6.07 Å². The first-order chi connectivity index (χ1) is 9.04. The van der Waals surface area contributed by atoms with Crippen LogP contribution in [0.5, 0.6) is 0 Å². The molecule has 1 aromatic heterocycles. The van der Waals surface area contributed by atoms with Gasteiger partial charge in [0.05, 0.1) is 10.7 Å². The van der Waals surface area contributed by atoms with Crippen molar-refractivity contribution in [3.8, 4) is 0 Å². The van der Waals surface area contributed by atoms with Crippen molar-refractivity contribution < 1.29 is 14.2 Å². The summed E-state index contributed by atoms with van der Waals surface area (Å²) in [5, 5.41) is 24.9. The van der Waals surface area contributed by atoms with E-state index in [1.54, 1.807) is 0 Å². The number of anilines is 1. The van der Waals surface area contributed by atoms with Gasteiger partial charge in [0.2, 0.25) is 0 Å². The topological polar surface area (TPSA) is 112 Å². The van der Waals surface area contributed by atoms with E-state index in [1.807, 2.05) is 0 Å². The molecule has 0 unspecified atom stereocenters. The Labute approximate surface area is 111 Å². The van der Waals surface area contributed by atoms with Crippen molar-refractivity contribution in [2.24, 2.45) is 5.73 Å². The molecule has 19 heavy (non-hydrogen) atoms. The van der Waals surface area contributed by atoms with Crippen molar-refractivity contribution >= 4 is 23.1 Å². The van der Waals surface area contributed by atoms with E-state index in [9.17, 15) is 9.60 Å². The molecular weight excluding hydrogens is 277 g/mol. The highest BCUT2D eigenvalue weighted by molar-refractivity contribution is 6.31. The van der Waals surface area contributed by atoms with Crippen LogP contribution in [0.25, 0.3) is 0 Å². The molecule has 0 saturated carbocycles. The smallest absolute Gasteiger partial charge is 0.182 e. The minimum atomic E-state index is -0.629. The number of nitrogens with one attached hydrogen (secondary N) is 1. The van der Waals surface area contributed by atoms with Crippen molar-refractivity contribution in [1.29, 1.82) is 5.41 Å². The molecule has 9 heteroatoms. The molecule has 0 radical (unpaired) electrons. The predicted octanol–water partition coefficient (Wildman–Crippen LogP) is 1.54. The zero-order valence-corrected chi connectivity index (χ0v) is 10.2. The van der Waals surface area contributed by atoms with Crippen LogP contribution in [-0.4, -0.2) is 21.4 Å². The van der Waals surface area contributed by atoms with Crippen LogP contribution in [0.1, 0.15) is 11.4 Å². The van der Waals surface area contributed by atoms with Crippen molar-refractivity contribution in [3.05, 3.63) is 40.4 Å². The fourth-order valence-electron chi connectivity index (χ4n) is 1.37. The molecule has 100 valence electrons. The van der Waals surface area contributed by atoms with E-state index < -0.39 is 11.7 Å². The van der Waals surface area contributed by atoms with Gasteiger partial charge in [0.15, 0.2) is 11.5 Å². The third-order valence-corrected chi connectivity index (χ3v) is 2.62. The quantitative estimate of drug-likeness (QED) is 0.448. The van der Waals surface area contributed by atoms with Crippen LogP contribution >= 0.6 is 11.6 Å². The minimum Gasteiger partial charge on any atom is -0.325 e. The molecule has 2 aromatic rings. The Balaban J connectivity index is 2.31. The van der Waals surface area contributed by atoms with E-state index in [-0.39, 0.29) is 28.6 Å². The molecule has 0 amide bonds. The van der Waals surface area contributed by atoms with Crippen LogP contribution in [0.15, 0.2) is 22.8 Å². The van der Waals surface area contributed by atoms with Crippen LogP contribution in [0.4, 0.5) is 10.1 Å². The molecule has 0 atom stereocenters. The van der Waals surface area contributed by atoms with Gasteiger partial charge in [-0.1, -0.05) is 16.8 Å². The number of hydrogen-bond acceptors (Lipinski definition) is 6. The van der Waals surface area contributed by atoms with Crippen LogP contribution in [0, 0.1) is 11.2 Å². The van der Waals surface area contributed by atoms with Gasteiger partial charge >= 0.3 is 0 Å². The summed E-state index contributed by atoms with van der Waals surface area (Å²) in [7, 11) is 0. The summed E-state index contributed by atoms with van der Waals surface area (Å²) in [6, 6.07) is 3.49. The van der Waals surface area contributed by atoms with Crippen molar-refractivity contribution in [2.75, 3.05) is 5.06 Å². The molecule has 0 bridgehead atoms. The molecule has 0 aliphatic carbocycles. The van der Waals surface area contributed by atoms with Gasteiger partial charge in [0, 0.05) is 6.54 Å². The Bertz CT molecular complexity index is 618. The summed E-state index contributed by atoms with van der Waals surface area (Å²) in [5.74, 6) is -1.04. The lowest BCUT2D eigenvalue weighted by Gasteiger charge is -2.16. The SMILES string of the molecule is N=C(c1nonc1CN)N(O)c1ccc(F)c(Cl)c1. The lowest BCUT2D eigenvalue weighted by Crippen LogP contribution is -2.28. The molecule has 2 rings (SSSR count). The van der Waals surface area contributed by atoms with E-state index >= 15 is 0 Å². The van der Waals surface area contributed by atoms with Crippen LogP contribution < -0.4 is 10.8 Å². The van der Waals surface area contributed by atoms with Gasteiger partial charge in [-0.3, -0.25) is 10.6 Å². The molecule has 4 N–H and O–H groups in total. The summed E-state index contributed by atoms with van der Waals surface area (Å²) in [4.78, 5) is 0. The Hall–Kier alpha value is -2.03. The summed E-state index contributed by atoms with van der Waals surface area (Å²) >= 11 is 5.60. The molecule has 0 spiro atoms. The van der Waals surface area contributed by atoms with E-state index in [1.165, 1.54) is 12.1 Å². The maximum absolute atomic E-state index is 13.0. The summed E-state index contributed by atoms with van der Waals surface area (Å²) < 4.78 is 17.5. The van der Waals surface area contributed by atoms with Crippen LogP contribution in [0.3, 0.4) is 0 Å². The fraction of sp³-hybridized carbons (Fsp3) is 0.100. The number of hydrogen-bond donors (Lipinski definition) is 3. The highest BCUT2D eigenvalue weighted by Gasteiger charge is 2.20. The van der Waals surface area contributed by atoms with Gasteiger partial charge in [0.25, 0.3) is 0 Å². The average molecular weight is 286 g/mol. The monoisotopic (exact) mass is 285 g/mol. The van der Waals surface area contributed by atoms with Crippen molar-refractivity contribution in [2.45, 2.75) is 6.54 Å². The second-order valence-corrected chi connectivity index (χ2v) is 3.93. The minimum absolute atomic E-state index is 0.000767. The largest absolute Gasteiger partial charge is 0.325 e. The fourth-order valence-corrected chi connectivity index (χ4v) is 1.54. The highest BCUT2D eigenvalue weighted by atomic mass is 35.5. The van der Waals surface area contributed by atoms with E-state index in [4.69, 9.17) is 22.7 Å². The molecule has 0 aliphatic heterocycles. The lowest BCUT2D eigenvalue weighted by molar-refractivity contribution is 0.298. The molecule has 0 saturated heterocycles. The number of benzene rings is 1. The molecule has 1 aromatic carbocycles. The maximum Gasteiger partial charge on any atom is 0.182 e. The maximum atomic E-state index is 13.0. The van der Waals surface area contributed by atoms with Crippen LogP contribution in [0.2, 0.25) is 5.02 Å². The zero-order valence-electron chi connectivity index (χ0n) is 9.47. The van der Waals surface area contributed by atoms with Crippen molar-refractivity contribution in [1.82, 2.24) is 10.3 Å². The van der Waals surface area contributed by atoms with Gasteiger partial charge in [-0.2, -0.15) is 0 Å². The average Bonchev–Trinajstić information content (AvgIpc) is 2.88. The predicted molar refractivity (Wildman–Crippen MR) is 64.7 cm³/mol. The normalized spacial score (nSPS) is 10.5. The number of amidine groups is 1. The van der Waals surface area contributed by atoms with Gasteiger partial charge in [-0.05, 0) is 23.4 Å². The molecular formula is C10H9ClFN5O2. The first-order valence-corrected chi connectivity index (χ1v) is 5.47. The number of halogens is 2. The first kappa shape index (κ1) is 13.4. The van der Waals surface area contributed by atoms with E-state index in [0.29, 0.717) is 5.06 Å². The molecule has 0 aliphatic rings. The van der Waals surface area contributed by atoms with Crippen LogP contribution in [-0.2, 0) is 6.54 Å².